The lowest BCUT2D eigenvalue weighted by atomic mass is 10.1. The third kappa shape index (κ3) is 1.41. The molecule has 1 aromatic heterocycles. The van der Waals surface area contributed by atoms with E-state index in [2.05, 4.69) is 4.84 Å². The summed E-state index contributed by atoms with van der Waals surface area (Å²) in [5.41, 5.74) is 3.16. The maximum Gasteiger partial charge on any atom is 0.134 e. The normalized spacial score (nSPS) is 11.1. The van der Waals surface area contributed by atoms with E-state index in [-0.39, 0.29) is 0 Å². The minimum Gasteiger partial charge on any atom is -0.461 e. The van der Waals surface area contributed by atoms with Crippen LogP contribution in [0.1, 0.15) is 16.9 Å². The topological polar surface area (TPSA) is 48.4 Å². The van der Waals surface area contributed by atoms with Gasteiger partial charge in [0.1, 0.15) is 11.3 Å². The van der Waals surface area contributed by atoms with Gasteiger partial charge in [-0.3, -0.25) is 4.84 Å². The minimum absolute atomic E-state index is 0.430. The van der Waals surface area contributed by atoms with E-state index in [1.807, 2.05) is 32.0 Å². The summed E-state index contributed by atoms with van der Waals surface area (Å²) in [6, 6.07) is 5.95. The number of nitrogens with two attached hydrogens (primary N) is 1. The predicted molar refractivity (Wildman–Crippen MR) is 54.7 cm³/mol. The molecule has 0 bridgehead atoms. The van der Waals surface area contributed by atoms with Crippen LogP contribution in [0.5, 0.6) is 0 Å². The molecule has 1 heterocycles. The Morgan fingerprint density at radius 2 is 2.14 bits per heavy atom. The van der Waals surface area contributed by atoms with Crippen LogP contribution >= 0.6 is 0 Å². The van der Waals surface area contributed by atoms with Crippen LogP contribution in [0.4, 0.5) is 0 Å². The molecule has 0 saturated carbocycles. The van der Waals surface area contributed by atoms with Gasteiger partial charge >= 0.3 is 0 Å². The molecule has 2 N–H and O–H groups in total. The number of hydrogen-bond donors (Lipinski definition) is 1. The maximum absolute atomic E-state index is 5.56. The fourth-order valence-corrected chi connectivity index (χ4v) is 1.58. The molecular formula is C11H13NO2. The molecule has 2 rings (SSSR count). The predicted octanol–water partition coefficient (Wildman–Crippen LogP) is 2.44. The largest absolute Gasteiger partial charge is 0.461 e. The maximum atomic E-state index is 5.56. The van der Waals surface area contributed by atoms with Crippen LogP contribution < -0.4 is 5.90 Å². The van der Waals surface area contributed by atoms with E-state index < -0.39 is 0 Å². The first kappa shape index (κ1) is 9.24. The lowest BCUT2D eigenvalue weighted by Crippen LogP contribution is -1.98. The van der Waals surface area contributed by atoms with Gasteiger partial charge in [-0.05, 0) is 37.1 Å². The second-order valence-corrected chi connectivity index (χ2v) is 3.42. The van der Waals surface area contributed by atoms with E-state index >= 15 is 0 Å². The zero-order chi connectivity index (χ0) is 10.1. The minimum atomic E-state index is 0.430. The van der Waals surface area contributed by atoms with Gasteiger partial charge in [-0.25, -0.2) is 5.90 Å². The Labute approximate surface area is 82.4 Å². The van der Waals surface area contributed by atoms with Crippen molar-refractivity contribution in [3.8, 4) is 0 Å². The Kier molecular flexibility index (Phi) is 2.27. The highest BCUT2D eigenvalue weighted by Crippen LogP contribution is 2.25. The van der Waals surface area contributed by atoms with Gasteiger partial charge < -0.3 is 4.42 Å². The highest BCUT2D eigenvalue weighted by molar-refractivity contribution is 5.82. The van der Waals surface area contributed by atoms with Crippen molar-refractivity contribution >= 4 is 11.0 Å². The molecule has 3 nitrogen and oxygen atoms in total. The Bertz CT molecular complexity index is 460. The molecule has 1 aromatic carbocycles. The van der Waals surface area contributed by atoms with Crippen LogP contribution in [-0.4, -0.2) is 0 Å². The fraction of sp³-hybridized carbons (Fsp3) is 0.273. The third-order valence-corrected chi connectivity index (χ3v) is 2.49. The van der Waals surface area contributed by atoms with E-state index in [0.29, 0.717) is 6.61 Å². The van der Waals surface area contributed by atoms with Gasteiger partial charge in [0, 0.05) is 5.39 Å². The summed E-state index contributed by atoms with van der Waals surface area (Å²) in [5.74, 6) is 5.99. The second kappa shape index (κ2) is 3.44. The van der Waals surface area contributed by atoms with Crippen LogP contribution in [-0.2, 0) is 11.4 Å². The molecule has 0 saturated heterocycles. The summed E-state index contributed by atoms with van der Waals surface area (Å²) in [7, 11) is 0. The fourth-order valence-electron chi connectivity index (χ4n) is 1.58. The van der Waals surface area contributed by atoms with Crippen LogP contribution in [0.2, 0.25) is 0 Å². The summed E-state index contributed by atoms with van der Waals surface area (Å²) in [6.45, 7) is 4.45. The second-order valence-electron chi connectivity index (χ2n) is 3.42. The van der Waals surface area contributed by atoms with Crippen molar-refractivity contribution in [2.45, 2.75) is 20.5 Å². The molecule has 0 amide bonds. The molecule has 0 atom stereocenters. The van der Waals surface area contributed by atoms with Crippen LogP contribution in [0.3, 0.4) is 0 Å². The van der Waals surface area contributed by atoms with Crippen molar-refractivity contribution in [1.29, 1.82) is 0 Å². The average molecular weight is 191 g/mol. The van der Waals surface area contributed by atoms with Gasteiger partial charge in [-0.1, -0.05) is 6.07 Å². The molecule has 14 heavy (non-hydrogen) atoms. The monoisotopic (exact) mass is 191 g/mol. The SMILES string of the molecule is Cc1oc2ccc(CON)cc2c1C. The Morgan fingerprint density at radius 1 is 1.36 bits per heavy atom. The molecule has 2 aromatic rings. The van der Waals surface area contributed by atoms with Gasteiger partial charge in [-0.15, -0.1) is 0 Å². The van der Waals surface area contributed by atoms with Crippen molar-refractivity contribution in [2.75, 3.05) is 0 Å². The summed E-state index contributed by atoms with van der Waals surface area (Å²) in [6.07, 6.45) is 0. The van der Waals surface area contributed by atoms with E-state index in [1.165, 1.54) is 5.56 Å². The van der Waals surface area contributed by atoms with Crippen LogP contribution in [0.25, 0.3) is 11.0 Å². The lowest BCUT2D eigenvalue weighted by Gasteiger charge is -1.98. The van der Waals surface area contributed by atoms with E-state index in [9.17, 15) is 0 Å². The van der Waals surface area contributed by atoms with Gasteiger partial charge in [0.25, 0.3) is 0 Å². The lowest BCUT2D eigenvalue weighted by molar-refractivity contribution is 0.124. The zero-order valence-corrected chi connectivity index (χ0v) is 8.33. The zero-order valence-electron chi connectivity index (χ0n) is 8.33. The van der Waals surface area contributed by atoms with E-state index in [0.717, 1.165) is 22.3 Å². The highest BCUT2D eigenvalue weighted by Gasteiger charge is 2.06. The number of aryl methyl sites for hydroxylation is 2. The number of hydrogen-bond acceptors (Lipinski definition) is 3. The summed E-state index contributed by atoms with van der Waals surface area (Å²) < 4.78 is 5.56. The number of fused-ring (bicyclic) bond motifs is 1. The summed E-state index contributed by atoms with van der Waals surface area (Å²) in [4.78, 5) is 4.59. The first-order chi connectivity index (χ1) is 6.72. The number of rotatable bonds is 2. The first-order valence-electron chi connectivity index (χ1n) is 4.52. The van der Waals surface area contributed by atoms with Crippen LogP contribution in [0, 0.1) is 13.8 Å². The van der Waals surface area contributed by atoms with Crippen molar-refractivity contribution in [3.63, 3.8) is 0 Å². The summed E-state index contributed by atoms with van der Waals surface area (Å²) in [5, 5.41) is 1.14. The van der Waals surface area contributed by atoms with Gasteiger partial charge in [-0.2, -0.15) is 0 Å². The standard InChI is InChI=1S/C11H13NO2/c1-7-8(2)14-11-4-3-9(6-13-12)5-10(7)11/h3-5H,6,12H2,1-2H3. The Balaban J connectivity index is 2.58. The molecule has 0 unspecified atom stereocenters. The van der Waals surface area contributed by atoms with Crippen molar-refractivity contribution < 1.29 is 9.25 Å². The molecule has 0 spiro atoms. The molecule has 3 heteroatoms. The molecule has 0 fully saturated rings. The summed E-state index contributed by atoms with van der Waals surface area (Å²) >= 11 is 0. The first-order valence-corrected chi connectivity index (χ1v) is 4.52. The van der Waals surface area contributed by atoms with E-state index in [4.69, 9.17) is 10.3 Å². The average Bonchev–Trinajstić information content (AvgIpc) is 2.45. The van der Waals surface area contributed by atoms with Gasteiger partial charge in [0.05, 0.1) is 6.61 Å². The van der Waals surface area contributed by atoms with Gasteiger partial charge in [0.2, 0.25) is 0 Å². The molecule has 0 aliphatic rings. The number of benzene rings is 1. The van der Waals surface area contributed by atoms with Gasteiger partial charge in [0.15, 0.2) is 0 Å². The van der Waals surface area contributed by atoms with Crippen LogP contribution in [0.15, 0.2) is 22.6 Å². The van der Waals surface area contributed by atoms with Crippen molar-refractivity contribution in [1.82, 2.24) is 0 Å². The smallest absolute Gasteiger partial charge is 0.134 e. The molecule has 0 aliphatic carbocycles. The van der Waals surface area contributed by atoms with Crippen molar-refractivity contribution in [2.24, 2.45) is 5.90 Å². The molecular weight excluding hydrogens is 178 g/mol. The molecule has 0 aliphatic heterocycles. The highest BCUT2D eigenvalue weighted by atomic mass is 16.6. The number of furan rings is 1. The quantitative estimate of drug-likeness (QED) is 0.741. The third-order valence-electron chi connectivity index (χ3n) is 2.49. The van der Waals surface area contributed by atoms with Crippen molar-refractivity contribution in [3.05, 3.63) is 35.1 Å². The van der Waals surface area contributed by atoms with E-state index in [1.54, 1.807) is 0 Å². The Hall–Kier alpha value is -1.32. The molecule has 0 radical (unpaired) electrons. The molecule has 74 valence electrons. The Morgan fingerprint density at radius 3 is 2.86 bits per heavy atom.